The van der Waals surface area contributed by atoms with Crippen LogP contribution >= 0.6 is 0 Å². The maximum absolute atomic E-state index is 13.8. The number of benzene rings is 4. The van der Waals surface area contributed by atoms with Gasteiger partial charge in [-0.2, -0.15) is 0 Å². The molecule has 0 spiro atoms. The van der Waals surface area contributed by atoms with Crippen LogP contribution in [-0.4, -0.2) is 33.6 Å². The zero-order chi connectivity index (χ0) is 25.7. The van der Waals surface area contributed by atoms with Gasteiger partial charge < -0.3 is 14.8 Å². The van der Waals surface area contributed by atoms with E-state index in [0.29, 0.717) is 23.8 Å². The normalized spacial score (nSPS) is 14.5. The average molecular weight is 515 g/mol. The molecule has 7 nitrogen and oxygen atoms in total. The summed E-state index contributed by atoms with van der Waals surface area (Å²) in [6.45, 7) is 0.561. The molecule has 188 valence electrons. The summed E-state index contributed by atoms with van der Waals surface area (Å²) < 4.78 is 40.5. The van der Waals surface area contributed by atoms with Crippen LogP contribution in [0.1, 0.15) is 15.9 Å². The maximum atomic E-state index is 13.8. The molecule has 0 unspecified atom stereocenters. The Balaban J connectivity index is 1.42. The predicted octanol–water partition coefficient (Wildman–Crippen LogP) is 4.65. The predicted molar refractivity (Wildman–Crippen MR) is 141 cm³/mol. The van der Waals surface area contributed by atoms with E-state index in [9.17, 15) is 13.2 Å². The van der Waals surface area contributed by atoms with Crippen LogP contribution in [0.5, 0.6) is 11.5 Å². The van der Waals surface area contributed by atoms with Crippen LogP contribution in [0, 0.1) is 0 Å². The van der Waals surface area contributed by atoms with Gasteiger partial charge in [-0.05, 0) is 42.0 Å². The van der Waals surface area contributed by atoms with Crippen LogP contribution in [0.2, 0.25) is 0 Å². The number of rotatable bonds is 8. The topological polar surface area (TPSA) is 84.9 Å². The summed E-state index contributed by atoms with van der Waals surface area (Å²) in [5, 5.41) is 2.88. The minimum atomic E-state index is -3.97. The molecule has 4 aromatic rings. The second-order valence-corrected chi connectivity index (χ2v) is 10.4. The van der Waals surface area contributed by atoms with Crippen molar-refractivity contribution >= 4 is 21.6 Å². The average Bonchev–Trinajstić information content (AvgIpc) is 2.95. The van der Waals surface area contributed by atoms with Crippen molar-refractivity contribution in [1.82, 2.24) is 5.32 Å². The number of fused-ring (bicyclic) bond motifs is 1. The van der Waals surface area contributed by atoms with Crippen molar-refractivity contribution in [3.05, 3.63) is 120 Å². The van der Waals surface area contributed by atoms with E-state index in [2.05, 4.69) is 5.32 Å². The fourth-order valence-corrected chi connectivity index (χ4v) is 5.61. The van der Waals surface area contributed by atoms with Crippen molar-refractivity contribution < 1.29 is 22.7 Å². The fraction of sp³-hybridized carbons (Fsp3) is 0.138. The Bertz CT molecular complexity index is 1480. The van der Waals surface area contributed by atoms with Crippen molar-refractivity contribution in [3.63, 3.8) is 0 Å². The Hall–Kier alpha value is -4.30. The van der Waals surface area contributed by atoms with Crippen LogP contribution in [0.15, 0.2) is 114 Å². The number of para-hydroxylation sites is 3. The molecule has 1 atom stereocenters. The van der Waals surface area contributed by atoms with Gasteiger partial charge in [0.2, 0.25) is 0 Å². The molecule has 5 rings (SSSR count). The Morgan fingerprint density at radius 1 is 0.811 bits per heavy atom. The van der Waals surface area contributed by atoms with E-state index >= 15 is 0 Å². The van der Waals surface area contributed by atoms with Gasteiger partial charge in [0.1, 0.15) is 12.7 Å². The molecule has 0 bridgehead atoms. The van der Waals surface area contributed by atoms with Gasteiger partial charge in [0.15, 0.2) is 11.5 Å². The number of ether oxygens (including phenoxy) is 2. The first-order chi connectivity index (χ1) is 18.0. The number of amides is 1. The molecule has 4 aromatic carbocycles. The molecule has 0 saturated heterocycles. The summed E-state index contributed by atoms with van der Waals surface area (Å²) in [6, 6.07) is 31.6. The van der Waals surface area contributed by atoms with Gasteiger partial charge in [-0.1, -0.05) is 72.8 Å². The first kappa shape index (κ1) is 24.4. The lowest BCUT2D eigenvalue weighted by Gasteiger charge is -2.28. The van der Waals surface area contributed by atoms with Crippen LogP contribution in [0.3, 0.4) is 0 Å². The molecular formula is C29H26N2O5S. The highest BCUT2D eigenvalue weighted by Crippen LogP contribution is 2.31. The molecule has 0 fully saturated rings. The summed E-state index contributed by atoms with van der Waals surface area (Å²) >= 11 is 0. The zero-order valence-corrected chi connectivity index (χ0v) is 20.8. The van der Waals surface area contributed by atoms with Crippen molar-refractivity contribution in [2.45, 2.75) is 17.5 Å². The molecule has 37 heavy (non-hydrogen) atoms. The first-order valence-electron chi connectivity index (χ1n) is 11.9. The maximum Gasteiger partial charge on any atom is 0.264 e. The number of nitrogens with one attached hydrogen (secondary N) is 1. The van der Waals surface area contributed by atoms with Gasteiger partial charge in [0.25, 0.3) is 15.9 Å². The molecule has 1 amide bonds. The highest BCUT2D eigenvalue weighted by atomic mass is 32.2. The standard InChI is InChI=1S/C29H26N2O5S/c32-29(30-19-23-21-35-27-17-9-10-18-28(27)36-23)25-15-7-8-16-26(25)31(20-22-11-3-1-4-12-22)37(33,34)24-13-5-2-6-14-24/h1-18,23H,19-21H2,(H,30,32)/t23-/m0/s1. The summed E-state index contributed by atoms with van der Waals surface area (Å²) in [5.41, 5.74) is 1.33. The van der Waals surface area contributed by atoms with Gasteiger partial charge in [0.05, 0.1) is 29.2 Å². The molecule has 1 N–H and O–H groups in total. The van der Waals surface area contributed by atoms with E-state index in [1.54, 1.807) is 54.6 Å². The lowest BCUT2D eigenvalue weighted by atomic mass is 10.1. The molecule has 0 aliphatic carbocycles. The van der Waals surface area contributed by atoms with Gasteiger partial charge in [-0.25, -0.2) is 8.42 Å². The van der Waals surface area contributed by atoms with Crippen LogP contribution in [-0.2, 0) is 16.6 Å². The quantitative estimate of drug-likeness (QED) is 0.370. The van der Waals surface area contributed by atoms with Crippen molar-refractivity contribution in [3.8, 4) is 11.5 Å². The third-order valence-corrected chi connectivity index (χ3v) is 7.75. The van der Waals surface area contributed by atoms with Crippen LogP contribution in [0.4, 0.5) is 5.69 Å². The van der Waals surface area contributed by atoms with Crippen molar-refractivity contribution in [1.29, 1.82) is 0 Å². The SMILES string of the molecule is O=C(NC[C@H]1COc2ccccc2O1)c1ccccc1N(Cc1ccccc1)S(=O)(=O)c1ccccc1. The second-order valence-electron chi connectivity index (χ2n) is 8.54. The minimum Gasteiger partial charge on any atom is -0.486 e. The number of hydrogen-bond acceptors (Lipinski definition) is 5. The van der Waals surface area contributed by atoms with Crippen molar-refractivity contribution in [2.24, 2.45) is 0 Å². The van der Waals surface area contributed by atoms with Gasteiger partial charge >= 0.3 is 0 Å². The van der Waals surface area contributed by atoms with Gasteiger partial charge in [-0.15, -0.1) is 0 Å². The number of hydrogen-bond donors (Lipinski definition) is 1. The minimum absolute atomic E-state index is 0.0682. The monoisotopic (exact) mass is 514 g/mol. The highest BCUT2D eigenvalue weighted by molar-refractivity contribution is 7.92. The van der Waals surface area contributed by atoms with E-state index in [-0.39, 0.29) is 29.7 Å². The molecule has 8 heteroatoms. The third kappa shape index (κ3) is 5.44. The smallest absolute Gasteiger partial charge is 0.264 e. The Kier molecular flexibility index (Phi) is 7.09. The number of carbonyl (C=O) groups excluding carboxylic acids is 1. The van der Waals surface area contributed by atoms with Gasteiger partial charge in [0, 0.05) is 0 Å². The second kappa shape index (κ2) is 10.8. The summed E-state index contributed by atoms with van der Waals surface area (Å²) in [5.74, 6) is 0.883. The lowest BCUT2D eigenvalue weighted by Crippen LogP contribution is -2.41. The van der Waals surface area contributed by atoms with Crippen LogP contribution in [0.25, 0.3) is 0 Å². The van der Waals surface area contributed by atoms with E-state index in [1.165, 1.54) is 4.31 Å². The molecule has 1 aliphatic rings. The zero-order valence-electron chi connectivity index (χ0n) is 20.0. The first-order valence-corrected chi connectivity index (χ1v) is 13.3. The molecule has 0 radical (unpaired) electrons. The number of sulfonamides is 1. The molecule has 1 heterocycles. The highest BCUT2D eigenvalue weighted by Gasteiger charge is 2.29. The van der Waals surface area contributed by atoms with E-state index < -0.39 is 15.9 Å². The third-order valence-electron chi connectivity index (χ3n) is 5.98. The number of carbonyl (C=O) groups is 1. The summed E-state index contributed by atoms with van der Waals surface area (Å²) in [4.78, 5) is 13.5. The van der Waals surface area contributed by atoms with E-state index in [4.69, 9.17) is 9.47 Å². The molecule has 0 saturated carbocycles. The van der Waals surface area contributed by atoms with Gasteiger partial charge in [-0.3, -0.25) is 9.10 Å². The molecule has 0 aromatic heterocycles. The van der Waals surface area contributed by atoms with Crippen LogP contribution < -0.4 is 19.1 Å². The summed E-state index contributed by atoms with van der Waals surface area (Å²) in [7, 11) is -3.97. The Morgan fingerprint density at radius 2 is 1.43 bits per heavy atom. The van der Waals surface area contributed by atoms with E-state index in [1.807, 2.05) is 54.6 Å². The summed E-state index contributed by atoms with van der Waals surface area (Å²) in [6.07, 6.45) is -0.375. The van der Waals surface area contributed by atoms with E-state index in [0.717, 1.165) is 5.56 Å². The number of anilines is 1. The Labute approximate surface area is 216 Å². The largest absolute Gasteiger partial charge is 0.486 e. The lowest BCUT2D eigenvalue weighted by molar-refractivity contribution is 0.0789. The molecular weight excluding hydrogens is 488 g/mol. The fourth-order valence-electron chi connectivity index (χ4n) is 4.12. The molecule has 1 aliphatic heterocycles. The van der Waals surface area contributed by atoms with Crippen molar-refractivity contribution in [2.75, 3.05) is 17.5 Å². The Morgan fingerprint density at radius 3 is 2.19 bits per heavy atom. The number of nitrogens with zero attached hydrogens (tertiary/aromatic N) is 1.